The summed E-state index contributed by atoms with van der Waals surface area (Å²) in [6, 6.07) is -0.305. The molecule has 3 atom stereocenters. The van der Waals surface area contributed by atoms with Gasteiger partial charge in [0.2, 0.25) is 0 Å². The quantitative estimate of drug-likeness (QED) is 0.803. The summed E-state index contributed by atoms with van der Waals surface area (Å²) in [6.45, 7) is 3.28. The summed E-state index contributed by atoms with van der Waals surface area (Å²) in [7, 11) is -3.43. The van der Waals surface area contributed by atoms with Crippen LogP contribution in [0.1, 0.15) is 45.4 Å². The second-order valence-electron chi connectivity index (χ2n) is 5.69. The minimum absolute atomic E-state index is 0.305. The SMILES string of the molecule is CC1CCCN(S(=O)(=O)N[C@H]2CCCC[C@@H]2O)C1. The van der Waals surface area contributed by atoms with Gasteiger partial charge in [0, 0.05) is 19.1 Å². The van der Waals surface area contributed by atoms with E-state index in [0.29, 0.717) is 25.4 Å². The van der Waals surface area contributed by atoms with Gasteiger partial charge in [-0.05, 0) is 31.6 Å². The van der Waals surface area contributed by atoms with E-state index in [1.54, 1.807) is 0 Å². The molecule has 2 rings (SSSR count). The molecule has 1 aliphatic heterocycles. The van der Waals surface area contributed by atoms with E-state index in [-0.39, 0.29) is 6.04 Å². The Hall–Kier alpha value is -0.170. The summed E-state index contributed by atoms with van der Waals surface area (Å²) in [6.07, 6.45) is 4.90. The van der Waals surface area contributed by atoms with Gasteiger partial charge in [0.25, 0.3) is 10.2 Å². The molecule has 106 valence electrons. The first-order chi connectivity index (χ1) is 8.49. The molecule has 0 spiro atoms. The second kappa shape index (κ2) is 5.86. The number of hydrogen-bond acceptors (Lipinski definition) is 3. The van der Waals surface area contributed by atoms with E-state index in [2.05, 4.69) is 11.6 Å². The Morgan fingerprint density at radius 1 is 1.17 bits per heavy atom. The Morgan fingerprint density at radius 2 is 1.89 bits per heavy atom. The summed E-state index contributed by atoms with van der Waals surface area (Å²) in [5, 5.41) is 9.84. The molecule has 2 aliphatic rings. The van der Waals surface area contributed by atoms with Gasteiger partial charge in [0.1, 0.15) is 0 Å². The summed E-state index contributed by atoms with van der Waals surface area (Å²) < 4.78 is 28.7. The third kappa shape index (κ3) is 3.44. The normalized spacial score (nSPS) is 35.6. The molecule has 1 saturated carbocycles. The number of nitrogens with one attached hydrogen (secondary N) is 1. The Morgan fingerprint density at radius 3 is 2.56 bits per heavy atom. The summed E-state index contributed by atoms with van der Waals surface area (Å²) >= 11 is 0. The predicted molar refractivity (Wildman–Crippen MR) is 70.3 cm³/mol. The molecular weight excluding hydrogens is 252 g/mol. The van der Waals surface area contributed by atoms with Crippen LogP contribution in [-0.2, 0) is 10.2 Å². The molecule has 1 saturated heterocycles. The molecule has 0 amide bonds. The number of aliphatic hydroxyl groups excluding tert-OH is 1. The van der Waals surface area contributed by atoms with Gasteiger partial charge < -0.3 is 5.11 Å². The van der Waals surface area contributed by atoms with E-state index in [1.165, 1.54) is 4.31 Å². The zero-order valence-corrected chi connectivity index (χ0v) is 11.8. The summed E-state index contributed by atoms with van der Waals surface area (Å²) in [4.78, 5) is 0. The van der Waals surface area contributed by atoms with E-state index >= 15 is 0 Å². The monoisotopic (exact) mass is 276 g/mol. The first kappa shape index (κ1) is 14.2. The fraction of sp³-hybridized carbons (Fsp3) is 1.00. The van der Waals surface area contributed by atoms with Crippen LogP contribution in [0.3, 0.4) is 0 Å². The zero-order valence-electron chi connectivity index (χ0n) is 11.0. The van der Waals surface area contributed by atoms with Crippen LogP contribution >= 0.6 is 0 Å². The lowest BCUT2D eigenvalue weighted by molar-refractivity contribution is 0.0998. The summed E-state index contributed by atoms with van der Waals surface area (Å²) in [5.74, 6) is 0.423. The van der Waals surface area contributed by atoms with Gasteiger partial charge in [0.05, 0.1) is 6.10 Å². The van der Waals surface area contributed by atoms with Gasteiger partial charge in [-0.15, -0.1) is 0 Å². The molecule has 0 aromatic carbocycles. The van der Waals surface area contributed by atoms with Crippen LogP contribution in [0, 0.1) is 5.92 Å². The van der Waals surface area contributed by atoms with Crippen LogP contribution < -0.4 is 4.72 Å². The third-order valence-electron chi connectivity index (χ3n) is 3.99. The fourth-order valence-corrected chi connectivity index (χ4v) is 4.51. The van der Waals surface area contributed by atoms with E-state index in [9.17, 15) is 13.5 Å². The molecule has 18 heavy (non-hydrogen) atoms. The van der Waals surface area contributed by atoms with E-state index < -0.39 is 16.3 Å². The topological polar surface area (TPSA) is 69.6 Å². The van der Waals surface area contributed by atoms with Crippen molar-refractivity contribution in [3.8, 4) is 0 Å². The maximum Gasteiger partial charge on any atom is 0.279 e. The lowest BCUT2D eigenvalue weighted by Gasteiger charge is -2.34. The highest BCUT2D eigenvalue weighted by atomic mass is 32.2. The molecule has 0 aromatic heterocycles. The van der Waals surface area contributed by atoms with E-state index in [4.69, 9.17) is 0 Å². The highest BCUT2D eigenvalue weighted by molar-refractivity contribution is 7.87. The van der Waals surface area contributed by atoms with Crippen LogP contribution in [0.5, 0.6) is 0 Å². The van der Waals surface area contributed by atoms with Crippen molar-refractivity contribution in [2.75, 3.05) is 13.1 Å². The molecular formula is C12H24N2O3S. The van der Waals surface area contributed by atoms with Gasteiger partial charge in [0.15, 0.2) is 0 Å². The van der Waals surface area contributed by atoms with Crippen molar-refractivity contribution in [3.05, 3.63) is 0 Å². The number of nitrogens with zero attached hydrogens (tertiary/aromatic N) is 1. The molecule has 1 aliphatic carbocycles. The minimum atomic E-state index is -3.43. The Balaban J connectivity index is 1.97. The molecule has 2 fully saturated rings. The fourth-order valence-electron chi connectivity index (χ4n) is 2.88. The van der Waals surface area contributed by atoms with Crippen molar-refractivity contribution in [2.45, 2.75) is 57.6 Å². The largest absolute Gasteiger partial charge is 0.391 e. The highest BCUT2D eigenvalue weighted by Crippen LogP contribution is 2.22. The maximum atomic E-state index is 12.2. The molecule has 1 heterocycles. The summed E-state index contributed by atoms with van der Waals surface area (Å²) in [5.41, 5.74) is 0. The van der Waals surface area contributed by atoms with Gasteiger partial charge in [-0.1, -0.05) is 19.8 Å². The maximum absolute atomic E-state index is 12.2. The van der Waals surface area contributed by atoms with Crippen LogP contribution in [0.25, 0.3) is 0 Å². The van der Waals surface area contributed by atoms with Gasteiger partial charge in [-0.3, -0.25) is 0 Å². The minimum Gasteiger partial charge on any atom is -0.391 e. The van der Waals surface area contributed by atoms with Gasteiger partial charge in [-0.2, -0.15) is 17.4 Å². The van der Waals surface area contributed by atoms with Crippen molar-refractivity contribution in [3.63, 3.8) is 0 Å². The lowest BCUT2D eigenvalue weighted by atomic mass is 9.93. The van der Waals surface area contributed by atoms with Crippen LogP contribution in [0.15, 0.2) is 0 Å². The Kier molecular flexibility index (Phi) is 4.64. The Labute approximate surface area is 110 Å². The van der Waals surface area contributed by atoms with E-state index in [0.717, 1.165) is 32.1 Å². The van der Waals surface area contributed by atoms with Crippen molar-refractivity contribution < 1.29 is 13.5 Å². The smallest absolute Gasteiger partial charge is 0.279 e. The van der Waals surface area contributed by atoms with Gasteiger partial charge >= 0.3 is 0 Å². The first-order valence-corrected chi connectivity index (χ1v) is 8.38. The zero-order chi connectivity index (χ0) is 13.2. The molecule has 0 radical (unpaired) electrons. The number of rotatable bonds is 3. The van der Waals surface area contributed by atoms with Crippen LogP contribution in [-0.4, -0.2) is 43.1 Å². The average molecular weight is 276 g/mol. The average Bonchev–Trinajstić information content (AvgIpc) is 2.32. The third-order valence-corrected chi connectivity index (χ3v) is 5.60. The van der Waals surface area contributed by atoms with Crippen molar-refractivity contribution in [2.24, 2.45) is 5.92 Å². The second-order valence-corrected chi connectivity index (χ2v) is 7.39. The molecule has 0 bridgehead atoms. The molecule has 6 heteroatoms. The number of hydrogen-bond donors (Lipinski definition) is 2. The lowest BCUT2D eigenvalue weighted by Crippen LogP contribution is -2.52. The first-order valence-electron chi connectivity index (χ1n) is 6.94. The van der Waals surface area contributed by atoms with Crippen molar-refractivity contribution in [1.82, 2.24) is 9.03 Å². The van der Waals surface area contributed by atoms with Gasteiger partial charge in [-0.25, -0.2) is 0 Å². The van der Waals surface area contributed by atoms with Crippen LogP contribution in [0.4, 0.5) is 0 Å². The molecule has 0 aromatic rings. The molecule has 5 nitrogen and oxygen atoms in total. The van der Waals surface area contributed by atoms with Crippen molar-refractivity contribution >= 4 is 10.2 Å². The standard InChI is InChI=1S/C12H24N2O3S/c1-10-5-4-8-14(9-10)18(16,17)13-11-6-2-3-7-12(11)15/h10-13,15H,2-9H2,1H3/t10?,11-,12-/m0/s1. The van der Waals surface area contributed by atoms with E-state index in [1.807, 2.05) is 0 Å². The van der Waals surface area contributed by atoms with Crippen molar-refractivity contribution in [1.29, 1.82) is 0 Å². The molecule has 2 N–H and O–H groups in total. The number of piperidine rings is 1. The Bertz CT molecular complexity index is 372. The number of aliphatic hydroxyl groups is 1. The van der Waals surface area contributed by atoms with Crippen LogP contribution in [0.2, 0.25) is 0 Å². The predicted octanol–water partition coefficient (Wildman–Crippen LogP) is 0.856. The highest BCUT2D eigenvalue weighted by Gasteiger charge is 2.32. The molecule has 1 unspecified atom stereocenters.